The van der Waals surface area contributed by atoms with Crippen LogP contribution in [0.4, 0.5) is 0 Å². The van der Waals surface area contributed by atoms with E-state index >= 15 is 0 Å². The normalized spacial score (nSPS) is 16.9. The summed E-state index contributed by atoms with van der Waals surface area (Å²) < 4.78 is 6.21. The summed E-state index contributed by atoms with van der Waals surface area (Å²) in [5.41, 5.74) is 1.25. The van der Waals surface area contributed by atoms with Crippen LogP contribution in [0, 0.1) is 0 Å². The molecule has 1 fully saturated rings. The van der Waals surface area contributed by atoms with Crippen LogP contribution in [-0.2, 0) is 0 Å². The third kappa shape index (κ3) is 4.08. The van der Waals surface area contributed by atoms with Crippen LogP contribution < -0.4 is 10.1 Å². The van der Waals surface area contributed by atoms with Crippen LogP contribution in [0.1, 0.15) is 22.0 Å². The average molecular weight is 428 g/mol. The molecule has 0 radical (unpaired) electrons. The molecule has 1 aliphatic heterocycles. The molecule has 2 aromatic rings. The van der Waals surface area contributed by atoms with Crippen molar-refractivity contribution in [1.82, 2.24) is 10.2 Å². The quantitative estimate of drug-likeness (QED) is 0.788. The van der Waals surface area contributed by atoms with Crippen LogP contribution in [-0.4, -0.2) is 42.7 Å². The maximum Gasteiger partial charge on any atom is 0.258 e. The van der Waals surface area contributed by atoms with Gasteiger partial charge in [0.1, 0.15) is 11.5 Å². The van der Waals surface area contributed by atoms with Crippen LogP contribution in [0.3, 0.4) is 0 Å². The molecule has 1 unspecified atom stereocenters. The summed E-state index contributed by atoms with van der Waals surface area (Å²) in [7, 11) is 1.63. The number of nitrogens with zero attached hydrogens (tertiary/aromatic N) is 1. The van der Waals surface area contributed by atoms with E-state index in [9.17, 15) is 9.90 Å². The molecule has 7 heteroatoms. The van der Waals surface area contributed by atoms with Gasteiger partial charge in [-0.05, 0) is 24.3 Å². The number of para-hydroxylation sites is 1. The zero-order chi connectivity index (χ0) is 17.1. The van der Waals surface area contributed by atoms with Crippen molar-refractivity contribution in [2.45, 2.75) is 6.04 Å². The maximum atomic E-state index is 13.0. The van der Waals surface area contributed by atoms with Gasteiger partial charge in [0, 0.05) is 29.7 Å². The first-order chi connectivity index (χ1) is 11.6. The summed E-state index contributed by atoms with van der Waals surface area (Å²) in [4.78, 5) is 14.8. The minimum atomic E-state index is -0.189. The van der Waals surface area contributed by atoms with Gasteiger partial charge in [-0.15, -0.1) is 12.4 Å². The molecule has 0 aromatic heterocycles. The molecule has 1 atom stereocenters. The third-order valence-corrected chi connectivity index (χ3v) is 4.68. The molecule has 3 rings (SSSR count). The SMILES string of the molecule is COc1ccccc1C1CNCCN1C(=O)c1cc(Br)ccc1O.Cl. The molecule has 25 heavy (non-hydrogen) atoms. The number of carbonyl (C=O) groups excluding carboxylic acids is 1. The molecular weight excluding hydrogens is 408 g/mol. The van der Waals surface area contributed by atoms with E-state index in [0.29, 0.717) is 25.2 Å². The Morgan fingerprint density at radius 3 is 2.84 bits per heavy atom. The van der Waals surface area contributed by atoms with Crippen molar-refractivity contribution in [3.8, 4) is 11.5 Å². The van der Waals surface area contributed by atoms with Gasteiger partial charge in [-0.25, -0.2) is 0 Å². The van der Waals surface area contributed by atoms with Crippen LogP contribution in [0.2, 0.25) is 0 Å². The van der Waals surface area contributed by atoms with Gasteiger partial charge < -0.3 is 20.1 Å². The molecule has 1 amide bonds. The highest BCUT2D eigenvalue weighted by Gasteiger charge is 2.31. The summed E-state index contributed by atoms with van der Waals surface area (Å²) in [6.07, 6.45) is 0. The zero-order valence-corrected chi connectivity index (χ0v) is 16.1. The van der Waals surface area contributed by atoms with E-state index in [1.54, 1.807) is 24.1 Å². The second kappa shape index (κ2) is 8.56. The molecule has 1 heterocycles. The van der Waals surface area contributed by atoms with Gasteiger partial charge in [-0.2, -0.15) is 0 Å². The number of hydrogen-bond donors (Lipinski definition) is 2. The van der Waals surface area contributed by atoms with Crippen molar-refractivity contribution in [2.75, 3.05) is 26.7 Å². The Labute approximate surface area is 161 Å². The van der Waals surface area contributed by atoms with E-state index in [-0.39, 0.29) is 30.1 Å². The smallest absolute Gasteiger partial charge is 0.258 e. The summed E-state index contributed by atoms with van der Waals surface area (Å²) in [5, 5.41) is 13.4. The highest BCUT2D eigenvalue weighted by Crippen LogP contribution is 2.32. The number of phenolic OH excluding ortho intramolecular Hbond substituents is 1. The molecule has 134 valence electrons. The topological polar surface area (TPSA) is 61.8 Å². The van der Waals surface area contributed by atoms with Gasteiger partial charge in [0.05, 0.1) is 18.7 Å². The van der Waals surface area contributed by atoms with Gasteiger partial charge >= 0.3 is 0 Å². The number of benzene rings is 2. The van der Waals surface area contributed by atoms with Gasteiger partial charge in [0.15, 0.2) is 0 Å². The van der Waals surface area contributed by atoms with Crippen LogP contribution in [0.5, 0.6) is 11.5 Å². The molecule has 5 nitrogen and oxygen atoms in total. The molecule has 2 N–H and O–H groups in total. The van der Waals surface area contributed by atoms with Crippen molar-refractivity contribution in [2.24, 2.45) is 0 Å². The van der Waals surface area contributed by atoms with Crippen molar-refractivity contribution in [1.29, 1.82) is 0 Å². The first kappa shape index (κ1) is 19.6. The second-order valence-electron chi connectivity index (χ2n) is 5.62. The maximum absolute atomic E-state index is 13.0. The molecule has 1 aliphatic rings. The molecule has 2 aromatic carbocycles. The summed E-state index contributed by atoms with van der Waals surface area (Å²) >= 11 is 3.36. The van der Waals surface area contributed by atoms with Crippen molar-refractivity contribution in [3.63, 3.8) is 0 Å². The molecule has 1 saturated heterocycles. The Balaban J connectivity index is 0.00000225. The van der Waals surface area contributed by atoms with E-state index in [1.807, 2.05) is 24.3 Å². The second-order valence-corrected chi connectivity index (χ2v) is 6.54. The van der Waals surface area contributed by atoms with Crippen LogP contribution >= 0.6 is 28.3 Å². The fourth-order valence-electron chi connectivity index (χ4n) is 3.00. The molecular formula is C18H20BrClN2O3. The first-order valence-electron chi connectivity index (χ1n) is 7.75. The fourth-order valence-corrected chi connectivity index (χ4v) is 3.36. The van der Waals surface area contributed by atoms with Gasteiger partial charge in [-0.3, -0.25) is 4.79 Å². The largest absolute Gasteiger partial charge is 0.507 e. The predicted molar refractivity (Wildman–Crippen MR) is 103 cm³/mol. The Bertz CT molecular complexity index is 757. The number of methoxy groups -OCH3 is 1. The number of hydrogen-bond acceptors (Lipinski definition) is 4. The number of ether oxygens (including phenoxy) is 1. The molecule has 0 bridgehead atoms. The average Bonchev–Trinajstić information content (AvgIpc) is 2.63. The Hall–Kier alpha value is -1.76. The lowest BCUT2D eigenvalue weighted by atomic mass is 10.0. The molecule has 0 aliphatic carbocycles. The fraction of sp³-hybridized carbons (Fsp3) is 0.278. The molecule has 0 saturated carbocycles. The Morgan fingerprint density at radius 1 is 1.32 bits per heavy atom. The Morgan fingerprint density at radius 2 is 2.08 bits per heavy atom. The predicted octanol–water partition coefficient (Wildman–Crippen LogP) is 3.37. The van der Waals surface area contributed by atoms with Crippen molar-refractivity contribution in [3.05, 3.63) is 58.1 Å². The number of aromatic hydroxyl groups is 1. The van der Waals surface area contributed by atoms with Crippen molar-refractivity contribution >= 4 is 34.2 Å². The monoisotopic (exact) mass is 426 g/mol. The lowest BCUT2D eigenvalue weighted by molar-refractivity contribution is 0.0628. The standard InChI is InChI=1S/C18H19BrN2O3.ClH/c1-24-17-5-3-2-4-13(17)15-11-20-8-9-21(15)18(23)14-10-12(19)6-7-16(14)22;/h2-7,10,15,20,22H,8-9,11H2,1H3;1H. The Kier molecular flexibility index (Phi) is 6.70. The van der Waals surface area contributed by atoms with E-state index in [4.69, 9.17) is 4.74 Å². The number of rotatable bonds is 3. The minimum Gasteiger partial charge on any atom is -0.507 e. The summed E-state index contributed by atoms with van der Waals surface area (Å²) in [6, 6.07) is 12.4. The highest BCUT2D eigenvalue weighted by atomic mass is 79.9. The lowest BCUT2D eigenvalue weighted by Gasteiger charge is -2.37. The van der Waals surface area contributed by atoms with Gasteiger partial charge in [0.2, 0.25) is 0 Å². The van der Waals surface area contributed by atoms with E-state index in [0.717, 1.165) is 15.8 Å². The number of halogens is 2. The van der Waals surface area contributed by atoms with Crippen LogP contribution in [0.25, 0.3) is 0 Å². The number of carbonyl (C=O) groups is 1. The number of amides is 1. The lowest BCUT2D eigenvalue weighted by Crippen LogP contribution is -2.48. The number of piperazine rings is 1. The van der Waals surface area contributed by atoms with E-state index in [2.05, 4.69) is 21.2 Å². The van der Waals surface area contributed by atoms with E-state index < -0.39 is 0 Å². The van der Waals surface area contributed by atoms with E-state index in [1.165, 1.54) is 6.07 Å². The van der Waals surface area contributed by atoms with Crippen molar-refractivity contribution < 1.29 is 14.6 Å². The minimum absolute atomic E-state index is 0. The number of nitrogens with one attached hydrogen (secondary N) is 1. The summed E-state index contributed by atoms with van der Waals surface area (Å²) in [6.45, 7) is 1.92. The van der Waals surface area contributed by atoms with Crippen LogP contribution in [0.15, 0.2) is 46.9 Å². The molecule has 0 spiro atoms. The third-order valence-electron chi connectivity index (χ3n) is 4.19. The highest BCUT2D eigenvalue weighted by molar-refractivity contribution is 9.10. The summed E-state index contributed by atoms with van der Waals surface area (Å²) in [5.74, 6) is 0.550. The van der Waals surface area contributed by atoms with Gasteiger partial charge in [0.25, 0.3) is 5.91 Å². The zero-order valence-electron chi connectivity index (χ0n) is 13.7. The first-order valence-corrected chi connectivity index (χ1v) is 8.54. The van der Waals surface area contributed by atoms with Gasteiger partial charge in [-0.1, -0.05) is 34.1 Å². The number of phenols is 1.